The Balaban J connectivity index is 1.13. The summed E-state index contributed by atoms with van der Waals surface area (Å²) in [6.45, 7) is 1.54. The quantitative estimate of drug-likeness (QED) is 0.242. The number of carbonyl (C=O) groups is 1. The number of phenols is 1. The normalized spacial score (nSPS) is 15.4. The summed E-state index contributed by atoms with van der Waals surface area (Å²) < 4.78 is 13.2. The highest BCUT2D eigenvalue weighted by Gasteiger charge is 2.34. The highest BCUT2D eigenvalue weighted by molar-refractivity contribution is 5.80. The molecule has 2 aromatic heterocycles. The number of ether oxygens (including phenoxy) is 2. The molecule has 9 heteroatoms. The second kappa shape index (κ2) is 12.6. The number of phenolic OH excluding ortho intramolecular Hbond substituents is 1. The average Bonchev–Trinajstić information content (AvgIpc) is 3.67. The molecule has 0 unspecified atom stereocenters. The zero-order valence-electron chi connectivity index (χ0n) is 24.0. The number of amides is 1. The molecule has 0 spiro atoms. The van der Waals surface area contributed by atoms with Crippen molar-refractivity contribution in [2.24, 2.45) is 5.92 Å². The number of rotatable bonds is 11. The number of aromatic nitrogens is 4. The molecular weight excluding hydrogens is 530 g/mol. The second-order valence-corrected chi connectivity index (χ2v) is 11.1. The highest BCUT2D eigenvalue weighted by Crippen LogP contribution is 2.34. The summed E-state index contributed by atoms with van der Waals surface area (Å²) in [6, 6.07) is 17.3. The van der Waals surface area contributed by atoms with Crippen molar-refractivity contribution < 1.29 is 19.4 Å². The Hall–Kier alpha value is -4.40. The van der Waals surface area contributed by atoms with Gasteiger partial charge in [0.15, 0.2) is 23.1 Å². The first-order valence-electron chi connectivity index (χ1n) is 14.8. The molecule has 2 heterocycles. The Kier molecular flexibility index (Phi) is 8.35. The van der Waals surface area contributed by atoms with Gasteiger partial charge in [-0.25, -0.2) is 9.67 Å². The van der Waals surface area contributed by atoms with Crippen molar-refractivity contribution in [3.8, 4) is 40.0 Å². The van der Waals surface area contributed by atoms with E-state index in [0.717, 1.165) is 48.1 Å². The number of hydrogen-bond donors (Lipinski definition) is 1. The molecule has 2 aliphatic rings. The number of carbonyl (C=O) groups excluding carboxylic acids is 1. The molecule has 0 aliphatic heterocycles. The van der Waals surface area contributed by atoms with E-state index in [2.05, 4.69) is 22.0 Å². The molecule has 0 saturated heterocycles. The summed E-state index contributed by atoms with van der Waals surface area (Å²) in [6.07, 6.45) is 11.4. The van der Waals surface area contributed by atoms with Crippen LogP contribution in [0.1, 0.15) is 50.5 Å². The van der Waals surface area contributed by atoms with E-state index in [1.807, 2.05) is 28.9 Å². The number of hydrogen-bond acceptors (Lipinski definition) is 7. The summed E-state index contributed by atoms with van der Waals surface area (Å²) in [5, 5.41) is 14.8. The number of methoxy groups -OCH3 is 1. The molecule has 0 bridgehead atoms. The molecule has 2 aliphatic carbocycles. The van der Waals surface area contributed by atoms with Gasteiger partial charge in [0.1, 0.15) is 12.4 Å². The van der Waals surface area contributed by atoms with Crippen molar-refractivity contribution >= 4 is 5.91 Å². The van der Waals surface area contributed by atoms with Crippen LogP contribution in [0.4, 0.5) is 0 Å². The third-order valence-electron chi connectivity index (χ3n) is 8.40. The van der Waals surface area contributed by atoms with E-state index < -0.39 is 0 Å². The van der Waals surface area contributed by atoms with Crippen molar-refractivity contribution in [2.45, 2.75) is 64.1 Å². The largest absolute Gasteiger partial charge is 0.504 e. The van der Waals surface area contributed by atoms with Crippen LogP contribution < -0.4 is 9.47 Å². The molecule has 2 saturated carbocycles. The van der Waals surface area contributed by atoms with Gasteiger partial charge in [-0.15, -0.1) is 0 Å². The minimum absolute atomic E-state index is 0.0608. The van der Waals surface area contributed by atoms with Gasteiger partial charge in [-0.3, -0.25) is 9.78 Å². The van der Waals surface area contributed by atoms with Gasteiger partial charge in [-0.1, -0.05) is 31.4 Å². The Labute approximate surface area is 246 Å². The van der Waals surface area contributed by atoms with Crippen LogP contribution >= 0.6 is 0 Å². The van der Waals surface area contributed by atoms with Crippen LogP contribution in [-0.4, -0.2) is 55.4 Å². The molecule has 0 radical (unpaired) electrons. The van der Waals surface area contributed by atoms with Crippen LogP contribution in [0, 0.1) is 5.92 Å². The van der Waals surface area contributed by atoms with Gasteiger partial charge in [0.25, 0.3) is 0 Å². The van der Waals surface area contributed by atoms with E-state index in [1.54, 1.807) is 30.6 Å². The first kappa shape index (κ1) is 27.8. The van der Waals surface area contributed by atoms with Gasteiger partial charge < -0.3 is 19.5 Å². The third-order valence-corrected chi connectivity index (χ3v) is 8.40. The summed E-state index contributed by atoms with van der Waals surface area (Å²) in [5.74, 6) is 2.97. The molecule has 2 fully saturated rings. The molecule has 1 N–H and O–H groups in total. The zero-order valence-corrected chi connectivity index (χ0v) is 24.0. The van der Waals surface area contributed by atoms with E-state index >= 15 is 0 Å². The van der Waals surface area contributed by atoms with Gasteiger partial charge in [0, 0.05) is 42.0 Å². The number of aromatic hydroxyl groups is 1. The monoisotopic (exact) mass is 567 g/mol. The Morgan fingerprint density at radius 2 is 1.74 bits per heavy atom. The van der Waals surface area contributed by atoms with E-state index in [-0.39, 0.29) is 11.7 Å². The Morgan fingerprint density at radius 1 is 0.976 bits per heavy atom. The van der Waals surface area contributed by atoms with Crippen molar-refractivity contribution in [3.63, 3.8) is 0 Å². The van der Waals surface area contributed by atoms with E-state index in [0.29, 0.717) is 49.0 Å². The lowest BCUT2D eigenvalue weighted by atomic mass is 9.84. The topological polar surface area (TPSA) is 103 Å². The Morgan fingerprint density at radius 3 is 2.43 bits per heavy atom. The maximum Gasteiger partial charge on any atom is 0.226 e. The minimum Gasteiger partial charge on any atom is -0.504 e. The molecule has 1 amide bonds. The summed E-state index contributed by atoms with van der Waals surface area (Å²) in [7, 11) is 1.51. The number of benzene rings is 2. The summed E-state index contributed by atoms with van der Waals surface area (Å²) in [5.41, 5.74) is 2.76. The summed E-state index contributed by atoms with van der Waals surface area (Å²) in [4.78, 5) is 24.3. The lowest BCUT2D eigenvalue weighted by Crippen LogP contribution is -2.43. The van der Waals surface area contributed by atoms with Crippen molar-refractivity contribution in [1.29, 1.82) is 0 Å². The fraction of sp³-hybridized carbons (Fsp3) is 0.394. The number of pyridine rings is 1. The standard InChI is InChI=1S/C33H37N5O4/c1-41-30-21-26(11-14-29(30)39)31-35-32(24-15-17-34-18-16-24)38(36-31)19-20-42-28-12-9-23(10-13-28)22-37(27-7-2-3-8-27)33(40)25-5-4-6-25/h9-18,21,25,27,39H,2-8,19-20,22H2,1H3. The SMILES string of the molecule is COc1cc(-c2nc(-c3ccncc3)n(CCOc3ccc(CN(C(=O)C4CCC4)C4CCCC4)cc3)n2)ccc1O. The fourth-order valence-electron chi connectivity index (χ4n) is 5.78. The number of nitrogens with zero attached hydrogens (tertiary/aromatic N) is 5. The molecule has 0 atom stereocenters. The van der Waals surface area contributed by atoms with Gasteiger partial charge >= 0.3 is 0 Å². The minimum atomic E-state index is 0.0608. The van der Waals surface area contributed by atoms with Gasteiger partial charge in [-0.2, -0.15) is 5.10 Å². The molecule has 42 heavy (non-hydrogen) atoms. The van der Waals surface area contributed by atoms with Crippen LogP contribution in [0.3, 0.4) is 0 Å². The first-order chi connectivity index (χ1) is 20.6. The van der Waals surface area contributed by atoms with E-state index in [9.17, 15) is 9.90 Å². The zero-order chi connectivity index (χ0) is 28.9. The molecule has 6 rings (SSSR count). The average molecular weight is 568 g/mol. The maximum absolute atomic E-state index is 13.2. The van der Waals surface area contributed by atoms with Gasteiger partial charge in [0.05, 0.1) is 13.7 Å². The molecule has 2 aromatic carbocycles. The van der Waals surface area contributed by atoms with Crippen LogP contribution in [0.2, 0.25) is 0 Å². The van der Waals surface area contributed by atoms with Crippen LogP contribution in [-0.2, 0) is 17.9 Å². The van der Waals surface area contributed by atoms with E-state index in [1.165, 1.54) is 26.4 Å². The predicted molar refractivity (Wildman–Crippen MR) is 159 cm³/mol. The van der Waals surface area contributed by atoms with Crippen LogP contribution in [0.15, 0.2) is 67.0 Å². The molecular formula is C33H37N5O4. The fourth-order valence-corrected chi connectivity index (χ4v) is 5.78. The van der Waals surface area contributed by atoms with Crippen LogP contribution in [0.5, 0.6) is 17.2 Å². The van der Waals surface area contributed by atoms with Crippen LogP contribution in [0.25, 0.3) is 22.8 Å². The van der Waals surface area contributed by atoms with Crippen molar-refractivity contribution in [2.75, 3.05) is 13.7 Å². The third kappa shape index (κ3) is 6.10. The first-order valence-corrected chi connectivity index (χ1v) is 14.8. The van der Waals surface area contributed by atoms with Crippen molar-refractivity contribution in [1.82, 2.24) is 24.6 Å². The lowest BCUT2D eigenvalue weighted by molar-refractivity contribution is -0.141. The van der Waals surface area contributed by atoms with E-state index in [4.69, 9.17) is 19.6 Å². The second-order valence-electron chi connectivity index (χ2n) is 11.1. The summed E-state index contributed by atoms with van der Waals surface area (Å²) >= 11 is 0. The smallest absolute Gasteiger partial charge is 0.226 e. The molecule has 4 aromatic rings. The molecule has 9 nitrogen and oxygen atoms in total. The lowest BCUT2D eigenvalue weighted by Gasteiger charge is -2.35. The predicted octanol–water partition coefficient (Wildman–Crippen LogP) is 5.87. The van der Waals surface area contributed by atoms with Gasteiger partial charge in [0.2, 0.25) is 5.91 Å². The van der Waals surface area contributed by atoms with Gasteiger partial charge in [-0.05, 0) is 73.7 Å². The highest BCUT2D eigenvalue weighted by atomic mass is 16.5. The maximum atomic E-state index is 13.2. The Bertz CT molecular complexity index is 1490. The van der Waals surface area contributed by atoms with Crippen molar-refractivity contribution in [3.05, 3.63) is 72.6 Å². The molecule has 218 valence electrons.